The third-order valence-electron chi connectivity index (χ3n) is 6.64. The number of rotatable bonds is 3. The Morgan fingerprint density at radius 2 is 2.04 bits per heavy atom. The van der Waals surface area contributed by atoms with Gasteiger partial charge in [-0.3, -0.25) is 0 Å². The maximum absolute atomic E-state index is 12.2. The summed E-state index contributed by atoms with van der Waals surface area (Å²) in [6, 6.07) is 7.65. The highest BCUT2D eigenvalue weighted by Gasteiger charge is 2.57. The van der Waals surface area contributed by atoms with Crippen LogP contribution < -0.4 is 5.32 Å². The second kappa shape index (κ2) is 6.80. The van der Waals surface area contributed by atoms with Crippen molar-refractivity contribution in [1.82, 2.24) is 10.2 Å². The average molecular weight is 371 g/mol. The van der Waals surface area contributed by atoms with Crippen LogP contribution in [0.3, 0.4) is 0 Å². The number of aryl methyl sites for hydroxylation is 2. The highest BCUT2D eigenvalue weighted by Crippen LogP contribution is 2.57. The number of nitrogens with zero attached hydrogens (tertiary/aromatic N) is 1. The Morgan fingerprint density at radius 1 is 1.30 bits per heavy atom. The summed E-state index contributed by atoms with van der Waals surface area (Å²) in [5.41, 5.74) is 4.56. The fraction of sp³-hybridized carbons (Fsp3) is 0.696. The van der Waals surface area contributed by atoms with E-state index in [-0.39, 0.29) is 6.09 Å². The number of hydrogen-bond acceptors (Lipinski definition) is 3. The summed E-state index contributed by atoms with van der Waals surface area (Å²) in [5.74, 6) is 0.666. The molecular weight excluding hydrogens is 336 g/mol. The molecule has 1 aliphatic heterocycles. The molecule has 1 aromatic carbocycles. The van der Waals surface area contributed by atoms with E-state index in [1.54, 1.807) is 11.1 Å². The van der Waals surface area contributed by atoms with Gasteiger partial charge in [0.1, 0.15) is 5.60 Å². The summed E-state index contributed by atoms with van der Waals surface area (Å²) < 4.78 is 5.50. The van der Waals surface area contributed by atoms with Gasteiger partial charge >= 0.3 is 6.09 Å². The Hall–Kier alpha value is -1.55. The lowest BCUT2D eigenvalue weighted by atomic mass is 9.94. The first-order chi connectivity index (χ1) is 12.8. The molecule has 1 N–H and O–H groups in total. The fourth-order valence-electron chi connectivity index (χ4n) is 4.97. The van der Waals surface area contributed by atoms with Crippen molar-refractivity contribution < 1.29 is 9.53 Å². The molecule has 1 aromatic rings. The lowest BCUT2D eigenvalue weighted by Gasteiger charge is -2.33. The van der Waals surface area contributed by atoms with Gasteiger partial charge in [0, 0.05) is 24.5 Å². The van der Waals surface area contributed by atoms with Gasteiger partial charge < -0.3 is 15.0 Å². The smallest absolute Gasteiger partial charge is 0.410 e. The second-order valence-electron chi connectivity index (χ2n) is 9.89. The SMILES string of the molecule is Cc1ccc2c(c1)C1(CC2)CC1NCC1CCN(C(=O)OC(C)(C)C)CC1. The minimum atomic E-state index is -0.411. The van der Waals surface area contributed by atoms with E-state index in [4.69, 9.17) is 4.74 Å². The van der Waals surface area contributed by atoms with Gasteiger partial charge in [0.25, 0.3) is 0 Å². The minimum absolute atomic E-state index is 0.159. The molecule has 1 saturated heterocycles. The number of amides is 1. The number of carbonyl (C=O) groups excluding carboxylic acids is 1. The molecular formula is C23H34N2O2. The molecule has 27 heavy (non-hydrogen) atoms. The fourth-order valence-corrected chi connectivity index (χ4v) is 4.97. The standard InChI is InChI=1S/C23H34N2O2/c1-16-5-6-18-7-10-23(19(18)13-16)14-20(23)24-15-17-8-11-25(12-9-17)21(26)27-22(2,3)4/h5-6,13,17,20,24H,7-12,14-15H2,1-4H3. The van der Waals surface area contributed by atoms with E-state index < -0.39 is 5.60 Å². The third kappa shape index (κ3) is 3.87. The largest absolute Gasteiger partial charge is 0.444 e. The molecule has 2 atom stereocenters. The zero-order valence-corrected chi connectivity index (χ0v) is 17.3. The molecule has 0 bridgehead atoms. The van der Waals surface area contributed by atoms with Crippen LogP contribution in [0.2, 0.25) is 0 Å². The van der Waals surface area contributed by atoms with E-state index >= 15 is 0 Å². The van der Waals surface area contributed by atoms with Crippen LogP contribution >= 0.6 is 0 Å². The van der Waals surface area contributed by atoms with Gasteiger partial charge in [0.2, 0.25) is 0 Å². The number of likely N-dealkylation sites (tertiary alicyclic amines) is 1. The Morgan fingerprint density at radius 3 is 2.74 bits per heavy atom. The molecule has 4 nitrogen and oxygen atoms in total. The van der Waals surface area contributed by atoms with E-state index in [9.17, 15) is 4.79 Å². The normalized spacial score (nSPS) is 27.7. The van der Waals surface area contributed by atoms with Crippen LogP contribution in [0.15, 0.2) is 18.2 Å². The maximum atomic E-state index is 12.2. The average Bonchev–Trinajstić information content (AvgIpc) is 3.20. The van der Waals surface area contributed by atoms with Crippen LogP contribution in [0.1, 0.15) is 63.1 Å². The molecule has 1 amide bonds. The summed E-state index contributed by atoms with van der Waals surface area (Å²) >= 11 is 0. The Bertz CT molecular complexity index is 716. The van der Waals surface area contributed by atoms with Gasteiger partial charge in [-0.25, -0.2) is 4.79 Å². The molecule has 2 fully saturated rings. The number of hydrogen-bond donors (Lipinski definition) is 1. The summed E-state index contributed by atoms with van der Waals surface area (Å²) in [6.07, 6.45) is 5.82. The van der Waals surface area contributed by atoms with Crippen molar-refractivity contribution in [2.24, 2.45) is 5.92 Å². The molecule has 0 aromatic heterocycles. The van der Waals surface area contributed by atoms with E-state index in [0.29, 0.717) is 17.4 Å². The first-order valence-electron chi connectivity index (χ1n) is 10.6. The highest BCUT2D eigenvalue weighted by molar-refractivity contribution is 5.68. The Kier molecular flexibility index (Phi) is 4.74. The van der Waals surface area contributed by atoms with Gasteiger partial charge in [-0.15, -0.1) is 0 Å². The molecule has 4 rings (SSSR count). The summed E-state index contributed by atoms with van der Waals surface area (Å²) in [4.78, 5) is 14.1. The van der Waals surface area contributed by atoms with Crippen molar-refractivity contribution >= 4 is 6.09 Å². The van der Waals surface area contributed by atoms with Crippen molar-refractivity contribution in [3.63, 3.8) is 0 Å². The number of carbonyl (C=O) groups is 1. The van der Waals surface area contributed by atoms with Crippen molar-refractivity contribution in [3.8, 4) is 0 Å². The summed E-state index contributed by atoms with van der Waals surface area (Å²) in [6.45, 7) is 10.7. The molecule has 3 aliphatic rings. The number of nitrogens with one attached hydrogen (secondary N) is 1. The van der Waals surface area contributed by atoms with Gasteiger partial charge in [-0.1, -0.05) is 23.8 Å². The first kappa shape index (κ1) is 18.8. The molecule has 1 heterocycles. The molecule has 2 unspecified atom stereocenters. The summed E-state index contributed by atoms with van der Waals surface area (Å²) in [7, 11) is 0. The molecule has 4 heteroatoms. The van der Waals surface area contributed by atoms with Gasteiger partial charge in [-0.05, 0) is 83.4 Å². The second-order valence-corrected chi connectivity index (χ2v) is 9.89. The number of benzene rings is 1. The Balaban J connectivity index is 1.25. The number of ether oxygens (including phenoxy) is 1. The van der Waals surface area contributed by atoms with Crippen LogP contribution in [0.5, 0.6) is 0 Å². The molecule has 1 saturated carbocycles. The summed E-state index contributed by atoms with van der Waals surface area (Å²) in [5, 5.41) is 3.87. The van der Waals surface area contributed by atoms with Crippen molar-refractivity contribution in [3.05, 3.63) is 34.9 Å². The third-order valence-corrected chi connectivity index (χ3v) is 6.64. The molecule has 148 valence electrons. The highest BCUT2D eigenvalue weighted by atomic mass is 16.6. The van der Waals surface area contributed by atoms with E-state index in [2.05, 4.69) is 30.4 Å². The topological polar surface area (TPSA) is 41.6 Å². The van der Waals surface area contributed by atoms with Gasteiger partial charge in [-0.2, -0.15) is 0 Å². The Labute approximate surface area is 163 Å². The number of piperidine rings is 1. The quantitative estimate of drug-likeness (QED) is 0.867. The first-order valence-corrected chi connectivity index (χ1v) is 10.6. The van der Waals surface area contributed by atoms with Crippen LogP contribution in [-0.4, -0.2) is 42.3 Å². The number of fused-ring (bicyclic) bond motifs is 2. The molecule has 0 radical (unpaired) electrons. The zero-order chi connectivity index (χ0) is 19.2. The van der Waals surface area contributed by atoms with E-state index in [1.807, 2.05) is 25.7 Å². The van der Waals surface area contributed by atoms with E-state index in [0.717, 1.165) is 32.5 Å². The zero-order valence-electron chi connectivity index (χ0n) is 17.3. The molecule has 2 aliphatic carbocycles. The minimum Gasteiger partial charge on any atom is -0.444 e. The van der Waals surface area contributed by atoms with Crippen LogP contribution in [0.25, 0.3) is 0 Å². The van der Waals surface area contributed by atoms with Crippen LogP contribution in [0.4, 0.5) is 4.79 Å². The van der Waals surface area contributed by atoms with Crippen LogP contribution in [0, 0.1) is 12.8 Å². The monoisotopic (exact) mass is 370 g/mol. The van der Waals surface area contributed by atoms with E-state index in [1.165, 1.54) is 24.8 Å². The maximum Gasteiger partial charge on any atom is 0.410 e. The molecule has 1 spiro atoms. The predicted octanol–water partition coefficient (Wildman–Crippen LogP) is 4.19. The van der Waals surface area contributed by atoms with Crippen molar-refractivity contribution in [2.45, 2.75) is 76.9 Å². The lowest BCUT2D eigenvalue weighted by Crippen LogP contribution is -2.43. The van der Waals surface area contributed by atoms with Crippen LogP contribution in [-0.2, 0) is 16.6 Å². The van der Waals surface area contributed by atoms with Gasteiger partial charge in [0.05, 0.1) is 0 Å². The van der Waals surface area contributed by atoms with Gasteiger partial charge in [0.15, 0.2) is 0 Å². The van der Waals surface area contributed by atoms with Crippen molar-refractivity contribution in [2.75, 3.05) is 19.6 Å². The predicted molar refractivity (Wildman–Crippen MR) is 108 cm³/mol. The lowest BCUT2D eigenvalue weighted by molar-refractivity contribution is 0.0184. The van der Waals surface area contributed by atoms with Crippen molar-refractivity contribution in [1.29, 1.82) is 0 Å².